The van der Waals surface area contributed by atoms with Crippen molar-refractivity contribution in [3.63, 3.8) is 0 Å². The van der Waals surface area contributed by atoms with Crippen LogP contribution in [-0.2, 0) is 13.0 Å². The van der Waals surface area contributed by atoms with Crippen molar-refractivity contribution in [1.29, 1.82) is 0 Å². The zero-order valence-electron chi connectivity index (χ0n) is 16.8. The topological polar surface area (TPSA) is 56.7 Å². The predicted molar refractivity (Wildman–Crippen MR) is 114 cm³/mol. The van der Waals surface area contributed by atoms with Crippen LogP contribution in [0.2, 0.25) is 0 Å². The normalized spacial score (nSPS) is 14.1. The van der Waals surface area contributed by atoms with Crippen LogP contribution < -0.4 is 5.73 Å². The van der Waals surface area contributed by atoms with Gasteiger partial charge in [-0.1, -0.05) is 0 Å². The van der Waals surface area contributed by atoms with E-state index in [4.69, 9.17) is 10.7 Å². The lowest BCUT2D eigenvalue weighted by Gasteiger charge is -2.12. The SMILES string of the molecule is Cc1nc(N)c2nc(CC3CC3)n(CCCCSc3ccc(F)cc3F)c2c1C. The maximum absolute atomic E-state index is 13.8. The molecule has 0 radical (unpaired) electrons. The van der Waals surface area contributed by atoms with Gasteiger partial charge in [0.15, 0.2) is 5.82 Å². The van der Waals surface area contributed by atoms with Crippen molar-refractivity contribution < 1.29 is 8.78 Å². The third kappa shape index (κ3) is 4.39. The van der Waals surface area contributed by atoms with E-state index in [0.717, 1.165) is 71.7 Å². The van der Waals surface area contributed by atoms with Crippen molar-refractivity contribution in [2.45, 2.75) is 57.4 Å². The van der Waals surface area contributed by atoms with Crippen LogP contribution in [0, 0.1) is 31.4 Å². The number of hydrogen-bond acceptors (Lipinski definition) is 4. The number of aromatic nitrogens is 3. The van der Waals surface area contributed by atoms with Crippen LogP contribution >= 0.6 is 11.8 Å². The quantitative estimate of drug-likeness (QED) is 0.393. The molecule has 1 aromatic carbocycles. The highest BCUT2D eigenvalue weighted by atomic mass is 32.2. The van der Waals surface area contributed by atoms with E-state index in [1.54, 1.807) is 0 Å². The van der Waals surface area contributed by atoms with Crippen molar-refractivity contribution >= 4 is 28.6 Å². The number of pyridine rings is 1. The van der Waals surface area contributed by atoms with Gasteiger partial charge in [0.2, 0.25) is 0 Å². The molecule has 0 bridgehead atoms. The van der Waals surface area contributed by atoms with Gasteiger partial charge < -0.3 is 10.3 Å². The number of rotatable bonds is 8. The van der Waals surface area contributed by atoms with E-state index >= 15 is 0 Å². The molecular formula is C22H26F2N4S. The van der Waals surface area contributed by atoms with E-state index in [1.165, 1.54) is 36.7 Å². The molecule has 0 amide bonds. The Hall–Kier alpha value is -2.15. The summed E-state index contributed by atoms with van der Waals surface area (Å²) < 4.78 is 29.1. The standard InChI is InChI=1S/C22H26F2N4S/c1-13-14(2)26-22(25)20-21(13)28(19(27-20)11-15-5-6-15)9-3-4-10-29-18-8-7-16(23)12-17(18)24/h7-8,12,15H,3-6,9-11H2,1-2H3,(H2,25,26). The number of benzene rings is 1. The molecule has 29 heavy (non-hydrogen) atoms. The first-order valence-corrected chi connectivity index (χ1v) is 11.1. The number of nitrogens with two attached hydrogens (primary N) is 1. The molecule has 0 spiro atoms. The predicted octanol–water partition coefficient (Wildman–Crippen LogP) is 5.43. The number of hydrogen-bond donors (Lipinski definition) is 1. The van der Waals surface area contributed by atoms with Crippen LogP contribution in [0.15, 0.2) is 23.1 Å². The lowest BCUT2D eigenvalue weighted by Crippen LogP contribution is -2.07. The van der Waals surface area contributed by atoms with Crippen LogP contribution in [0.3, 0.4) is 0 Å². The van der Waals surface area contributed by atoms with Gasteiger partial charge in [0.1, 0.15) is 23.0 Å². The number of nitrogens with zero attached hydrogens (tertiary/aromatic N) is 3. The zero-order chi connectivity index (χ0) is 20.5. The van der Waals surface area contributed by atoms with Crippen molar-refractivity contribution in [3.8, 4) is 0 Å². The summed E-state index contributed by atoms with van der Waals surface area (Å²) in [5.41, 5.74) is 10.2. The molecule has 1 saturated carbocycles. The van der Waals surface area contributed by atoms with Gasteiger partial charge in [-0.05, 0) is 68.9 Å². The zero-order valence-corrected chi connectivity index (χ0v) is 17.7. The van der Waals surface area contributed by atoms with E-state index in [-0.39, 0.29) is 0 Å². The summed E-state index contributed by atoms with van der Waals surface area (Å²) in [6, 6.07) is 3.75. The molecule has 1 aliphatic rings. The molecule has 0 atom stereocenters. The van der Waals surface area contributed by atoms with Gasteiger partial charge >= 0.3 is 0 Å². The number of halogens is 2. The second kappa shape index (κ2) is 8.30. The highest BCUT2D eigenvalue weighted by Crippen LogP contribution is 2.35. The Labute approximate surface area is 173 Å². The molecule has 0 aliphatic heterocycles. The molecule has 1 fully saturated rings. The molecular weight excluding hydrogens is 390 g/mol. The van der Waals surface area contributed by atoms with E-state index in [2.05, 4.69) is 16.5 Å². The molecule has 154 valence electrons. The smallest absolute Gasteiger partial charge is 0.151 e. The largest absolute Gasteiger partial charge is 0.382 e. The molecule has 2 aromatic heterocycles. The summed E-state index contributed by atoms with van der Waals surface area (Å²) in [7, 11) is 0. The first kappa shape index (κ1) is 20.1. The number of aryl methyl sites for hydroxylation is 3. The van der Waals surface area contributed by atoms with Crippen molar-refractivity contribution in [3.05, 3.63) is 46.9 Å². The highest BCUT2D eigenvalue weighted by Gasteiger charge is 2.26. The molecule has 0 unspecified atom stereocenters. The Bertz CT molecular complexity index is 1040. The summed E-state index contributed by atoms with van der Waals surface area (Å²) in [4.78, 5) is 9.79. The molecule has 2 N–H and O–H groups in total. The fourth-order valence-corrected chi connectivity index (χ4v) is 4.60. The Morgan fingerprint density at radius 3 is 2.69 bits per heavy atom. The van der Waals surface area contributed by atoms with Gasteiger partial charge in [0.25, 0.3) is 0 Å². The van der Waals surface area contributed by atoms with Gasteiger partial charge in [-0.15, -0.1) is 11.8 Å². The van der Waals surface area contributed by atoms with Gasteiger partial charge in [-0.25, -0.2) is 18.7 Å². The fraction of sp³-hybridized carbons (Fsp3) is 0.455. The van der Waals surface area contributed by atoms with Gasteiger partial charge in [-0.3, -0.25) is 0 Å². The van der Waals surface area contributed by atoms with Crippen LogP contribution in [0.4, 0.5) is 14.6 Å². The van der Waals surface area contributed by atoms with Crippen LogP contribution in [0.5, 0.6) is 0 Å². The van der Waals surface area contributed by atoms with Crippen molar-refractivity contribution in [2.75, 3.05) is 11.5 Å². The van der Waals surface area contributed by atoms with Gasteiger partial charge in [-0.2, -0.15) is 0 Å². The Morgan fingerprint density at radius 2 is 1.97 bits per heavy atom. The summed E-state index contributed by atoms with van der Waals surface area (Å²) in [6.45, 7) is 4.92. The van der Waals surface area contributed by atoms with Crippen LogP contribution in [0.1, 0.15) is 42.8 Å². The number of anilines is 1. The van der Waals surface area contributed by atoms with Crippen LogP contribution in [0.25, 0.3) is 11.0 Å². The van der Waals surface area contributed by atoms with E-state index in [0.29, 0.717) is 10.7 Å². The Morgan fingerprint density at radius 1 is 1.17 bits per heavy atom. The highest BCUT2D eigenvalue weighted by molar-refractivity contribution is 7.99. The average Bonchev–Trinajstić information content (AvgIpc) is 3.41. The lowest BCUT2D eigenvalue weighted by atomic mass is 10.2. The average molecular weight is 417 g/mol. The molecule has 2 heterocycles. The van der Waals surface area contributed by atoms with E-state index in [1.807, 2.05) is 6.92 Å². The maximum atomic E-state index is 13.8. The number of fused-ring (bicyclic) bond motifs is 1. The first-order chi connectivity index (χ1) is 13.9. The van der Waals surface area contributed by atoms with Crippen molar-refractivity contribution in [1.82, 2.24) is 14.5 Å². The van der Waals surface area contributed by atoms with E-state index in [9.17, 15) is 8.78 Å². The summed E-state index contributed by atoms with van der Waals surface area (Å²) >= 11 is 1.43. The number of thioether (sulfide) groups is 1. The lowest BCUT2D eigenvalue weighted by molar-refractivity contribution is 0.565. The third-order valence-electron chi connectivity index (χ3n) is 5.57. The molecule has 4 nitrogen and oxygen atoms in total. The molecule has 3 aromatic rings. The third-order valence-corrected chi connectivity index (χ3v) is 6.71. The van der Waals surface area contributed by atoms with Crippen LogP contribution in [-0.4, -0.2) is 20.3 Å². The Balaban J connectivity index is 1.46. The molecule has 7 heteroatoms. The Kier molecular flexibility index (Phi) is 5.76. The van der Waals surface area contributed by atoms with E-state index < -0.39 is 11.6 Å². The number of imidazole rings is 1. The second-order valence-corrected chi connectivity index (χ2v) is 9.00. The minimum absolute atomic E-state index is 0.489. The fourth-order valence-electron chi connectivity index (χ4n) is 3.67. The number of unbranched alkanes of at least 4 members (excludes halogenated alkanes) is 1. The maximum Gasteiger partial charge on any atom is 0.151 e. The minimum atomic E-state index is -0.540. The van der Waals surface area contributed by atoms with Gasteiger partial charge in [0.05, 0.1) is 5.52 Å². The molecule has 0 saturated heterocycles. The summed E-state index contributed by atoms with van der Waals surface area (Å²) in [5, 5.41) is 0. The summed E-state index contributed by atoms with van der Waals surface area (Å²) in [6.07, 6.45) is 5.42. The number of nitrogen functional groups attached to an aromatic ring is 1. The molecule has 4 rings (SSSR count). The summed E-state index contributed by atoms with van der Waals surface area (Å²) in [5.74, 6) is 2.09. The minimum Gasteiger partial charge on any atom is -0.382 e. The van der Waals surface area contributed by atoms with Gasteiger partial charge in [0, 0.05) is 29.6 Å². The first-order valence-electron chi connectivity index (χ1n) is 10.1. The molecule has 1 aliphatic carbocycles. The monoisotopic (exact) mass is 416 g/mol. The van der Waals surface area contributed by atoms with Crippen molar-refractivity contribution in [2.24, 2.45) is 5.92 Å². The second-order valence-electron chi connectivity index (χ2n) is 7.86.